The second kappa shape index (κ2) is 20.2. The predicted octanol–water partition coefficient (Wildman–Crippen LogP) is 7.19. The number of carbonyl (C=O) groups is 3. The minimum atomic E-state index is -0.121. The van der Waals surface area contributed by atoms with Gasteiger partial charge in [0.05, 0.1) is 49.8 Å². The van der Waals surface area contributed by atoms with E-state index in [1.165, 1.54) is 19.1 Å². The van der Waals surface area contributed by atoms with Gasteiger partial charge in [-0.3, -0.25) is 14.4 Å². The third-order valence-corrected chi connectivity index (χ3v) is 8.75. The molecule has 236 valence electrons. The molecule has 1 aliphatic heterocycles. The van der Waals surface area contributed by atoms with Gasteiger partial charge >= 0.3 is 0 Å². The highest BCUT2D eigenvalue weighted by Crippen LogP contribution is 2.50. The van der Waals surface area contributed by atoms with Crippen LogP contribution in [0.1, 0.15) is 96.8 Å². The van der Waals surface area contributed by atoms with Gasteiger partial charge in [-0.05, 0) is 87.5 Å². The first-order valence-corrected chi connectivity index (χ1v) is 15.9. The Morgan fingerprint density at radius 2 is 1.70 bits per heavy atom. The lowest BCUT2D eigenvalue weighted by atomic mass is 9.67. The van der Waals surface area contributed by atoms with Gasteiger partial charge in [-0.15, -0.1) is 0 Å². The number of fused-ring (bicyclic) bond motifs is 2. The third-order valence-electron chi connectivity index (χ3n) is 8.75. The van der Waals surface area contributed by atoms with E-state index in [1.54, 1.807) is 19.3 Å². The van der Waals surface area contributed by atoms with Gasteiger partial charge in [-0.1, -0.05) is 25.2 Å². The Kier molecular flexibility index (Phi) is 16.7. The molecule has 44 heavy (non-hydrogen) atoms. The molecule has 1 heterocycles. The van der Waals surface area contributed by atoms with E-state index in [1.807, 2.05) is 24.3 Å². The van der Waals surface area contributed by atoms with Crippen LogP contribution in [-0.4, -0.2) is 37.7 Å². The normalized spacial score (nSPS) is 27.8. The van der Waals surface area contributed by atoms with Crippen molar-refractivity contribution in [3.63, 3.8) is 0 Å². The molecule has 0 radical (unpaired) electrons. The van der Waals surface area contributed by atoms with E-state index in [-0.39, 0.29) is 40.5 Å². The molecule has 0 N–H and O–H groups in total. The Hall–Kier alpha value is -3.80. The number of rotatable bonds is 2. The van der Waals surface area contributed by atoms with Crippen LogP contribution in [0.5, 0.6) is 0 Å². The van der Waals surface area contributed by atoms with Crippen molar-refractivity contribution < 1.29 is 23.9 Å². The van der Waals surface area contributed by atoms with E-state index < -0.39 is 0 Å². The maximum absolute atomic E-state index is 11.6. The molecule has 6 rings (SSSR count). The molecule has 0 amide bonds. The quantitative estimate of drug-likeness (QED) is 0.303. The molecule has 0 spiro atoms. The average molecular weight is 602 g/mol. The Morgan fingerprint density at radius 1 is 0.955 bits per heavy atom. The van der Waals surface area contributed by atoms with Gasteiger partial charge in [0.2, 0.25) is 0 Å². The maximum Gasteiger partial charge on any atom is 0.159 e. The molecule has 0 aromatic heterocycles. The zero-order valence-electron chi connectivity index (χ0n) is 26.4. The summed E-state index contributed by atoms with van der Waals surface area (Å²) in [6.45, 7) is 4.07. The topological polar surface area (TPSA) is 141 Å². The van der Waals surface area contributed by atoms with Gasteiger partial charge in [0.1, 0.15) is 0 Å². The molecular formula is C36H47N3O5. The van der Waals surface area contributed by atoms with Crippen molar-refractivity contribution in [2.24, 2.45) is 23.2 Å². The maximum atomic E-state index is 11.6. The molecule has 4 atom stereocenters. The van der Waals surface area contributed by atoms with Crippen LogP contribution in [-0.2, 0) is 23.9 Å². The van der Waals surface area contributed by atoms with Crippen LogP contribution in [0.15, 0.2) is 47.8 Å². The summed E-state index contributed by atoms with van der Waals surface area (Å²) in [4.78, 5) is 33.3. The van der Waals surface area contributed by atoms with Crippen LogP contribution in [0.4, 0.5) is 0 Å². The predicted molar refractivity (Wildman–Crippen MR) is 167 cm³/mol. The number of hydrogen-bond acceptors (Lipinski definition) is 8. The summed E-state index contributed by atoms with van der Waals surface area (Å²) in [5.74, 6) is 1.23. The average Bonchev–Trinajstić information content (AvgIpc) is 3.81. The van der Waals surface area contributed by atoms with Gasteiger partial charge in [0.15, 0.2) is 17.3 Å². The van der Waals surface area contributed by atoms with Crippen LogP contribution in [0.3, 0.4) is 0 Å². The first-order valence-electron chi connectivity index (χ1n) is 15.9. The second-order valence-corrected chi connectivity index (χ2v) is 11.8. The SMILES string of the molecule is C1CCOC1.COC=CCC#N.C[C@]12CCCC(=O)C1=CCC2C#N.N#C[C@@H]1CC=C2C(=O)CCC[C@@H]21.O=C1C=CCCC1. The number of allylic oxidation sites excluding steroid dienone is 7. The zero-order valence-corrected chi connectivity index (χ0v) is 26.4. The fourth-order valence-electron chi connectivity index (χ4n) is 6.24. The summed E-state index contributed by atoms with van der Waals surface area (Å²) in [5.41, 5.74) is 1.77. The number of Topliss-reactive ketones (excluding diaryl/α,β-unsaturated/α-hetero) is 2. The molecule has 0 aromatic rings. The van der Waals surface area contributed by atoms with Gasteiger partial charge in [0.25, 0.3) is 0 Å². The van der Waals surface area contributed by atoms with Crippen molar-refractivity contribution >= 4 is 17.3 Å². The number of methoxy groups -OCH3 is 1. The molecule has 8 heteroatoms. The molecule has 6 aliphatic rings. The minimum absolute atomic E-state index is 0.0340. The lowest BCUT2D eigenvalue weighted by molar-refractivity contribution is -0.118. The monoisotopic (exact) mass is 601 g/mol. The Bertz CT molecular complexity index is 1210. The summed E-state index contributed by atoms with van der Waals surface area (Å²) in [6.07, 6.45) is 23.5. The number of ether oxygens (including phenoxy) is 2. The second-order valence-electron chi connectivity index (χ2n) is 11.8. The van der Waals surface area contributed by atoms with Crippen LogP contribution < -0.4 is 0 Å². The fourth-order valence-corrected chi connectivity index (χ4v) is 6.24. The van der Waals surface area contributed by atoms with Crippen molar-refractivity contribution in [1.82, 2.24) is 0 Å². The molecular weight excluding hydrogens is 554 g/mol. The smallest absolute Gasteiger partial charge is 0.159 e. The standard InChI is InChI=1S/C11H13NO.C10H11NO.C6H8O.C5H7NO.C4H8O/c1-11-6-2-3-10(13)9(11)5-4-8(11)7-12;11-6-7-4-5-9-8(7)2-1-3-10(9)12;7-6-4-2-1-3-5-6;1-7-5-3-2-4-6;1-2-4-5-3-1/h5,8H,2-4,6H2,1H3;5,7-8H,1-4H2;2,4H,1,3,5H2;3,5H,2H2,1H3;1-4H2/t8?,11-;7-,8+;;;/m10.../s1. The van der Waals surface area contributed by atoms with Gasteiger partial charge in [-0.2, -0.15) is 15.8 Å². The highest BCUT2D eigenvalue weighted by molar-refractivity contribution is 5.98. The Morgan fingerprint density at radius 3 is 2.25 bits per heavy atom. The van der Waals surface area contributed by atoms with Crippen molar-refractivity contribution in [2.45, 2.75) is 96.8 Å². The summed E-state index contributed by atoms with van der Waals surface area (Å²) in [7, 11) is 1.55. The molecule has 0 bridgehead atoms. The van der Waals surface area contributed by atoms with E-state index >= 15 is 0 Å². The Balaban J connectivity index is 0.000000201. The summed E-state index contributed by atoms with van der Waals surface area (Å²) < 4.78 is 9.46. The van der Waals surface area contributed by atoms with Crippen molar-refractivity contribution in [3.8, 4) is 18.2 Å². The number of ketones is 3. The van der Waals surface area contributed by atoms with Crippen molar-refractivity contribution in [3.05, 3.63) is 47.8 Å². The highest BCUT2D eigenvalue weighted by Gasteiger charge is 2.46. The molecule has 3 fully saturated rings. The first kappa shape index (κ1) is 36.4. The molecule has 2 saturated carbocycles. The van der Waals surface area contributed by atoms with Gasteiger partial charge in [-0.25, -0.2) is 0 Å². The lowest BCUT2D eigenvalue weighted by Gasteiger charge is -2.34. The molecule has 0 aromatic carbocycles. The van der Waals surface area contributed by atoms with Gasteiger partial charge in [0, 0.05) is 43.8 Å². The van der Waals surface area contributed by atoms with Crippen molar-refractivity contribution in [1.29, 1.82) is 15.8 Å². The number of nitriles is 3. The van der Waals surface area contributed by atoms with Crippen LogP contribution in [0, 0.1) is 57.2 Å². The summed E-state index contributed by atoms with van der Waals surface area (Å²) in [6, 6.07) is 6.53. The van der Waals surface area contributed by atoms with Crippen molar-refractivity contribution in [2.75, 3.05) is 20.3 Å². The van der Waals surface area contributed by atoms with Gasteiger partial charge < -0.3 is 9.47 Å². The molecule has 1 saturated heterocycles. The fraction of sp³-hybridized carbons (Fsp3) is 0.611. The summed E-state index contributed by atoms with van der Waals surface area (Å²) in [5, 5.41) is 25.7. The Labute approximate surface area is 263 Å². The van der Waals surface area contributed by atoms with E-state index in [0.29, 0.717) is 19.3 Å². The van der Waals surface area contributed by atoms with Crippen LogP contribution in [0.2, 0.25) is 0 Å². The molecule has 1 unspecified atom stereocenters. The largest absolute Gasteiger partial charge is 0.505 e. The molecule has 5 aliphatic carbocycles. The third kappa shape index (κ3) is 11.4. The summed E-state index contributed by atoms with van der Waals surface area (Å²) >= 11 is 0. The van der Waals surface area contributed by atoms with Crippen LogP contribution >= 0.6 is 0 Å². The number of nitrogens with zero attached hydrogens (tertiary/aromatic N) is 3. The number of carbonyl (C=O) groups excluding carboxylic acids is 3. The van der Waals surface area contributed by atoms with E-state index in [9.17, 15) is 14.4 Å². The first-order chi connectivity index (χ1) is 21.3. The van der Waals surface area contributed by atoms with Crippen LogP contribution in [0.25, 0.3) is 0 Å². The van der Waals surface area contributed by atoms with E-state index in [0.717, 1.165) is 82.1 Å². The zero-order chi connectivity index (χ0) is 32.2. The van der Waals surface area contributed by atoms with E-state index in [4.69, 9.17) is 20.5 Å². The minimum Gasteiger partial charge on any atom is -0.505 e. The lowest BCUT2D eigenvalue weighted by Crippen LogP contribution is -2.31. The number of hydrogen-bond donors (Lipinski definition) is 0. The highest BCUT2D eigenvalue weighted by atomic mass is 16.5. The molecule has 8 nitrogen and oxygen atoms in total. The van der Waals surface area contributed by atoms with E-state index in [2.05, 4.69) is 23.8 Å².